The lowest BCUT2D eigenvalue weighted by molar-refractivity contribution is 0.0988. The fourth-order valence-corrected chi connectivity index (χ4v) is 5.26. The van der Waals surface area contributed by atoms with Crippen LogP contribution in [0.5, 0.6) is 5.75 Å². The maximum Gasteiger partial charge on any atom is 0.333 e. The van der Waals surface area contributed by atoms with E-state index in [1.165, 1.54) is 11.1 Å². The number of aromatic nitrogens is 1. The smallest absolute Gasteiger partial charge is 0.333 e. The van der Waals surface area contributed by atoms with Crippen molar-refractivity contribution >= 4 is 27.7 Å². The van der Waals surface area contributed by atoms with Crippen molar-refractivity contribution in [1.82, 2.24) is 4.98 Å². The average Bonchev–Trinajstić information content (AvgIpc) is 3.16. The van der Waals surface area contributed by atoms with E-state index in [9.17, 15) is 13.5 Å². The lowest BCUT2D eigenvalue weighted by Crippen LogP contribution is -2.24. The predicted octanol–water partition coefficient (Wildman–Crippen LogP) is 3.31. The molecule has 0 bridgehead atoms. The molecule has 2 aliphatic carbocycles. The Balaban J connectivity index is 1.41. The van der Waals surface area contributed by atoms with Crippen LogP contribution in [0.4, 0.5) is 5.82 Å². The summed E-state index contributed by atoms with van der Waals surface area (Å²) >= 11 is 6.21. The Morgan fingerprint density at radius 1 is 1.28 bits per heavy atom. The number of hydrogen-bond donors (Lipinski definition) is 3. The van der Waals surface area contributed by atoms with Crippen LogP contribution in [0.15, 0.2) is 36.5 Å². The van der Waals surface area contributed by atoms with Crippen LogP contribution in [0.2, 0.25) is 5.02 Å². The number of nitrogens with two attached hydrogens (primary N) is 1. The number of benzene rings is 1. The van der Waals surface area contributed by atoms with Crippen LogP contribution >= 0.6 is 11.6 Å². The number of fused-ring (bicyclic) bond motifs is 1. The largest absolute Gasteiger partial charge is 0.490 e. The Morgan fingerprint density at radius 2 is 2.06 bits per heavy atom. The molecule has 1 fully saturated rings. The first-order valence-corrected chi connectivity index (χ1v) is 12.4. The minimum Gasteiger partial charge on any atom is -0.490 e. The SMILES string of the molecule is CC1(C)CC(Nc2cc(O[C@@H]3C[C@@H](COS(N)(=O)=O)[C@@H](O)C3)ccn2)c2ccc(Cl)cc21. The normalized spacial score (nSPS) is 26.7. The summed E-state index contributed by atoms with van der Waals surface area (Å²) in [4.78, 5) is 4.43. The number of nitrogens with zero attached hydrogens (tertiary/aromatic N) is 1. The Hall–Kier alpha value is -1.91. The molecule has 0 spiro atoms. The molecule has 2 aliphatic rings. The van der Waals surface area contributed by atoms with Gasteiger partial charge in [-0.1, -0.05) is 31.5 Å². The van der Waals surface area contributed by atoms with Gasteiger partial charge < -0.3 is 15.2 Å². The lowest BCUT2D eigenvalue weighted by atomic mass is 9.86. The van der Waals surface area contributed by atoms with Crippen LogP contribution in [0.1, 0.15) is 50.3 Å². The Bertz CT molecular complexity index is 1090. The minimum absolute atomic E-state index is 0.0000880. The van der Waals surface area contributed by atoms with Gasteiger partial charge in [-0.3, -0.25) is 4.18 Å². The van der Waals surface area contributed by atoms with E-state index in [2.05, 4.69) is 34.4 Å². The van der Waals surface area contributed by atoms with Crippen molar-refractivity contribution in [3.63, 3.8) is 0 Å². The summed E-state index contributed by atoms with van der Waals surface area (Å²) < 4.78 is 32.7. The van der Waals surface area contributed by atoms with E-state index in [4.69, 9.17) is 21.5 Å². The molecule has 32 heavy (non-hydrogen) atoms. The van der Waals surface area contributed by atoms with E-state index in [0.717, 1.165) is 11.4 Å². The van der Waals surface area contributed by atoms with Crippen LogP contribution in [-0.4, -0.2) is 37.3 Å². The van der Waals surface area contributed by atoms with Gasteiger partial charge in [0, 0.05) is 29.6 Å². The number of aliphatic hydroxyl groups is 1. The number of rotatable bonds is 7. The van der Waals surface area contributed by atoms with Gasteiger partial charge in [0.25, 0.3) is 0 Å². The molecule has 1 heterocycles. The Labute approximate surface area is 193 Å². The zero-order valence-corrected chi connectivity index (χ0v) is 19.6. The lowest BCUT2D eigenvalue weighted by Gasteiger charge is -2.20. The van der Waals surface area contributed by atoms with Gasteiger partial charge in [-0.05, 0) is 47.6 Å². The highest BCUT2D eigenvalue weighted by atomic mass is 35.5. The van der Waals surface area contributed by atoms with Gasteiger partial charge in [-0.2, -0.15) is 8.42 Å². The Kier molecular flexibility index (Phi) is 6.39. The third-order valence-corrected chi connectivity index (χ3v) is 6.95. The van der Waals surface area contributed by atoms with Crippen LogP contribution in [0.3, 0.4) is 0 Å². The monoisotopic (exact) mass is 481 g/mol. The van der Waals surface area contributed by atoms with E-state index in [0.29, 0.717) is 24.4 Å². The van der Waals surface area contributed by atoms with Crippen molar-refractivity contribution in [1.29, 1.82) is 0 Å². The van der Waals surface area contributed by atoms with Crippen LogP contribution in [0.25, 0.3) is 0 Å². The summed E-state index contributed by atoms with van der Waals surface area (Å²) in [5.41, 5.74) is 2.45. The highest BCUT2D eigenvalue weighted by Crippen LogP contribution is 2.46. The average molecular weight is 482 g/mol. The molecule has 0 radical (unpaired) electrons. The number of ether oxygens (including phenoxy) is 1. The van der Waals surface area contributed by atoms with Gasteiger partial charge >= 0.3 is 10.3 Å². The highest BCUT2D eigenvalue weighted by molar-refractivity contribution is 7.84. The highest BCUT2D eigenvalue weighted by Gasteiger charge is 2.37. The summed E-state index contributed by atoms with van der Waals surface area (Å²) in [5.74, 6) is 0.960. The summed E-state index contributed by atoms with van der Waals surface area (Å²) in [6.07, 6.45) is 2.46. The quantitative estimate of drug-likeness (QED) is 0.554. The van der Waals surface area contributed by atoms with Crippen LogP contribution in [-0.2, 0) is 19.9 Å². The number of anilines is 1. The molecule has 4 rings (SSSR count). The van der Waals surface area contributed by atoms with Crippen molar-refractivity contribution in [3.8, 4) is 5.75 Å². The van der Waals surface area contributed by atoms with Crippen LogP contribution < -0.4 is 15.2 Å². The first-order chi connectivity index (χ1) is 15.0. The standard InChI is InChI=1S/C22H28ClN3O5S/c1-22(2)11-19(17-4-3-14(23)8-18(17)22)26-21-10-15(5-6-25-21)31-16-7-13(20(27)9-16)12-30-32(24,28)29/h3-6,8,10,13,16,19-20,27H,7,9,11-12H2,1-2H3,(H,25,26)(H2,24,28,29)/t13-,16+,19?,20-/m0/s1. The number of hydrogen-bond acceptors (Lipinski definition) is 7. The second-order valence-corrected chi connectivity index (χ2v) is 10.9. The number of halogens is 1. The fraction of sp³-hybridized carbons (Fsp3) is 0.500. The Morgan fingerprint density at radius 3 is 2.81 bits per heavy atom. The summed E-state index contributed by atoms with van der Waals surface area (Å²) in [6.45, 7) is 4.25. The molecule has 8 nitrogen and oxygen atoms in total. The van der Waals surface area contributed by atoms with Gasteiger partial charge in [-0.25, -0.2) is 10.1 Å². The van der Waals surface area contributed by atoms with Gasteiger partial charge in [0.15, 0.2) is 0 Å². The molecule has 4 atom stereocenters. The molecule has 4 N–H and O–H groups in total. The molecule has 10 heteroatoms. The van der Waals surface area contributed by atoms with Crippen LogP contribution in [0, 0.1) is 5.92 Å². The molecule has 1 aromatic heterocycles. The van der Waals surface area contributed by atoms with Gasteiger partial charge in [0.05, 0.1) is 18.8 Å². The maximum atomic E-state index is 11.0. The molecule has 1 saturated carbocycles. The van der Waals surface area contributed by atoms with Crippen molar-refractivity contribution in [2.45, 2.75) is 56.8 Å². The first kappa shape index (κ1) is 23.3. The molecule has 1 aromatic carbocycles. The molecule has 2 aromatic rings. The van der Waals surface area contributed by atoms with E-state index < -0.39 is 16.4 Å². The topological polar surface area (TPSA) is 124 Å². The van der Waals surface area contributed by atoms with Crippen molar-refractivity contribution < 1.29 is 22.4 Å². The van der Waals surface area contributed by atoms with E-state index in [1.807, 2.05) is 18.2 Å². The summed E-state index contributed by atoms with van der Waals surface area (Å²) in [7, 11) is -4.04. The van der Waals surface area contributed by atoms with Gasteiger partial charge in [-0.15, -0.1) is 0 Å². The zero-order valence-electron chi connectivity index (χ0n) is 18.0. The first-order valence-electron chi connectivity index (χ1n) is 10.5. The van der Waals surface area contributed by atoms with Gasteiger partial charge in [0.1, 0.15) is 17.7 Å². The van der Waals surface area contributed by atoms with E-state index in [1.54, 1.807) is 12.3 Å². The summed E-state index contributed by atoms with van der Waals surface area (Å²) in [6, 6.07) is 9.71. The molecular weight excluding hydrogens is 454 g/mol. The number of nitrogens with one attached hydrogen (secondary N) is 1. The number of aliphatic hydroxyl groups excluding tert-OH is 1. The second-order valence-electron chi connectivity index (χ2n) is 9.21. The maximum absolute atomic E-state index is 11.0. The molecule has 1 unspecified atom stereocenters. The molecule has 0 amide bonds. The zero-order chi connectivity index (χ0) is 23.1. The van der Waals surface area contributed by atoms with E-state index >= 15 is 0 Å². The van der Waals surface area contributed by atoms with E-state index in [-0.39, 0.29) is 30.1 Å². The van der Waals surface area contributed by atoms with Crippen molar-refractivity contribution in [3.05, 3.63) is 52.7 Å². The molecular formula is C22H28ClN3O5S. The second kappa shape index (κ2) is 8.79. The molecule has 174 valence electrons. The van der Waals surface area contributed by atoms with Crippen molar-refractivity contribution in [2.75, 3.05) is 11.9 Å². The number of pyridine rings is 1. The van der Waals surface area contributed by atoms with Crippen molar-refractivity contribution in [2.24, 2.45) is 11.1 Å². The predicted molar refractivity (Wildman–Crippen MR) is 122 cm³/mol. The minimum atomic E-state index is -4.04. The fourth-order valence-electron chi connectivity index (χ4n) is 4.72. The molecule has 0 saturated heterocycles. The third kappa shape index (κ3) is 5.35. The van der Waals surface area contributed by atoms with Gasteiger partial charge in [0.2, 0.25) is 0 Å². The third-order valence-electron chi connectivity index (χ3n) is 6.25. The molecule has 0 aliphatic heterocycles. The summed E-state index contributed by atoms with van der Waals surface area (Å²) in [5, 5.41) is 19.3.